The summed E-state index contributed by atoms with van der Waals surface area (Å²) < 4.78 is 0. The Hall–Kier alpha value is -1.85. The molecule has 3 rings (SSSR count). The second kappa shape index (κ2) is 5.50. The van der Waals surface area contributed by atoms with Crippen LogP contribution >= 0.6 is 23.2 Å². The fourth-order valence-electron chi connectivity index (χ4n) is 2.25. The molecule has 1 N–H and O–H groups in total. The van der Waals surface area contributed by atoms with Crippen LogP contribution in [-0.4, -0.2) is 27.0 Å². The average molecular weight is 322 g/mol. The van der Waals surface area contributed by atoms with Gasteiger partial charge in [-0.25, -0.2) is 4.98 Å². The van der Waals surface area contributed by atoms with Gasteiger partial charge >= 0.3 is 0 Å². The van der Waals surface area contributed by atoms with Gasteiger partial charge in [0.2, 0.25) is 5.28 Å². The van der Waals surface area contributed by atoms with E-state index in [2.05, 4.69) is 26.9 Å². The predicted octanol–water partition coefficient (Wildman–Crippen LogP) is 3.86. The van der Waals surface area contributed by atoms with Gasteiger partial charge in [0.15, 0.2) is 11.5 Å². The van der Waals surface area contributed by atoms with Crippen LogP contribution in [0.2, 0.25) is 10.3 Å². The fraction of sp³-hybridized carbons (Fsp3) is 0.214. The lowest BCUT2D eigenvalue weighted by molar-refractivity contribution is 0.730. The Labute approximate surface area is 131 Å². The number of imidazole rings is 1. The van der Waals surface area contributed by atoms with Crippen LogP contribution in [-0.2, 0) is 0 Å². The molecule has 1 atom stereocenters. The minimum atomic E-state index is 0.0242. The summed E-state index contributed by atoms with van der Waals surface area (Å²) in [5.41, 5.74) is 2.31. The topological polar surface area (TPSA) is 57.7 Å². The van der Waals surface area contributed by atoms with Crippen molar-refractivity contribution in [2.75, 3.05) is 11.9 Å². The maximum Gasteiger partial charge on any atom is 0.226 e. The molecule has 5 nitrogen and oxygen atoms in total. The molecule has 0 bridgehead atoms. The van der Waals surface area contributed by atoms with Crippen molar-refractivity contribution >= 4 is 40.2 Å². The lowest BCUT2D eigenvalue weighted by Crippen LogP contribution is -2.23. The lowest BCUT2D eigenvalue weighted by atomic mass is 10.1. The number of fused-ring (bicyclic) bond motifs is 1. The summed E-state index contributed by atoms with van der Waals surface area (Å²) in [6, 6.07) is 7.77. The summed E-state index contributed by atoms with van der Waals surface area (Å²) in [5.74, 6) is 0.690. The molecule has 0 saturated carbocycles. The molecular formula is C14H13Cl2N5. The highest BCUT2D eigenvalue weighted by molar-refractivity contribution is 6.31. The molecule has 0 fully saturated rings. The maximum absolute atomic E-state index is 6.27. The predicted molar refractivity (Wildman–Crippen MR) is 85.0 cm³/mol. The molecule has 1 aromatic carbocycles. The van der Waals surface area contributed by atoms with Gasteiger partial charge in [-0.1, -0.05) is 29.8 Å². The van der Waals surface area contributed by atoms with Crippen molar-refractivity contribution in [3.8, 4) is 0 Å². The Balaban J connectivity index is 2.06. The van der Waals surface area contributed by atoms with Gasteiger partial charge in [-0.05, 0) is 30.2 Å². The third-order valence-corrected chi connectivity index (χ3v) is 4.02. The van der Waals surface area contributed by atoms with Crippen LogP contribution in [0.3, 0.4) is 0 Å². The van der Waals surface area contributed by atoms with Gasteiger partial charge in [-0.2, -0.15) is 9.97 Å². The van der Waals surface area contributed by atoms with Gasteiger partial charge in [0, 0.05) is 12.1 Å². The number of aromatic amines is 1. The monoisotopic (exact) mass is 321 g/mol. The molecule has 7 heteroatoms. The van der Waals surface area contributed by atoms with Crippen molar-refractivity contribution in [3.05, 3.63) is 46.5 Å². The molecule has 21 heavy (non-hydrogen) atoms. The maximum atomic E-state index is 6.27. The van der Waals surface area contributed by atoms with Crippen molar-refractivity contribution in [3.63, 3.8) is 0 Å². The molecule has 2 heterocycles. The number of halogens is 2. The SMILES string of the molecule is CC(c1ccccc1Cl)N(C)c1nc(Cl)nc2nc[nH]c12. The molecule has 1 unspecified atom stereocenters. The van der Waals surface area contributed by atoms with Crippen LogP contribution in [0.4, 0.5) is 5.82 Å². The smallest absolute Gasteiger partial charge is 0.226 e. The van der Waals surface area contributed by atoms with E-state index in [9.17, 15) is 0 Å². The fourth-order valence-corrected chi connectivity index (χ4v) is 2.71. The van der Waals surface area contributed by atoms with Crippen LogP contribution in [0, 0.1) is 0 Å². The summed E-state index contributed by atoms with van der Waals surface area (Å²) in [7, 11) is 1.94. The molecule has 0 aliphatic heterocycles. The first-order valence-electron chi connectivity index (χ1n) is 6.42. The molecule has 0 radical (unpaired) electrons. The highest BCUT2D eigenvalue weighted by Crippen LogP contribution is 2.31. The Morgan fingerprint density at radius 1 is 1.19 bits per heavy atom. The Morgan fingerprint density at radius 3 is 2.71 bits per heavy atom. The molecule has 0 amide bonds. The first-order chi connectivity index (χ1) is 10.1. The number of rotatable bonds is 3. The van der Waals surface area contributed by atoms with Crippen LogP contribution in [0.15, 0.2) is 30.6 Å². The van der Waals surface area contributed by atoms with Crippen molar-refractivity contribution < 1.29 is 0 Å². The van der Waals surface area contributed by atoms with E-state index in [1.807, 2.05) is 36.2 Å². The van der Waals surface area contributed by atoms with E-state index in [0.717, 1.165) is 16.1 Å². The van der Waals surface area contributed by atoms with Gasteiger partial charge in [0.1, 0.15) is 5.52 Å². The van der Waals surface area contributed by atoms with Crippen LogP contribution in [0.1, 0.15) is 18.5 Å². The first-order valence-corrected chi connectivity index (χ1v) is 7.17. The number of anilines is 1. The standard InChI is InChI=1S/C14H13Cl2N5/c1-8(9-5-3-4-6-10(9)15)21(2)13-11-12(18-7-17-11)19-14(16)20-13/h3-8H,1-2H3,(H,17,18,19,20). The van der Waals surface area contributed by atoms with Crippen molar-refractivity contribution in [1.29, 1.82) is 0 Å². The molecule has 0 aliphatic carbocycles. The highest BCUT2D eigenvalue weighted by Gasteiger charge is 2.20. The van der Waals surface area contributed by atoms with E-state index in [1.54, 1.807) is 6.33 Å². The van der Waals surface area contributed by atoms with Gasteiger partial charge in [-0.15, -0.1) is 0 Å². The number of nitrogens with one attached hydrogen (secondary N) is 1. The zero-order valence-corrected chi connectivity index (χ0v) is 13.0. The zero-order valence-electron chi connectivity index (χ0n) is 11.5. The molecule has 2 aromatic heterocycles. The van der Waals surface area contributed by atoms with Gasteiger partial charge in [0.05, 0.1) is 12.4 Å². The van der Waals surface area contributed by atoms with E-state index in [-0.39, 0.29) is 11.3 Å². The first kappa shape index (κ1) is 14.1. The second-order valence-corrected chi connectivity index (χ2v) is 5.47. The summed E-state index contributed by atoms with van der Waals surface area (Å²) in [6.07, 6.45) is 1.58. The average Bonchev–Trinajstić information content (AvgIpc) is 2.93. The second-order valence-electron chi connectivity index (χ2n) is 4.73. The van der Waals surface area contributed by atoms with E-state index in [0.29, 0.717) is 11.5 Å². The number of H-pyrrole nitrogens is 1. The molecule has 3 aromatic rings. The third-order valence-electron chi connectivity index (χ3n) is 3.51. The number of hydrogen-bond acceptors (Lipinski definition) is 4. The third kappa shape index (κ3) is 2.54. The molecule has 0 saturated heterocycles. The normalized spacial score (nSPS) is 12.6. The Kier molecular flexibility index (Phi) is 3.69. The number of nitrogens with zero attached hydrogens (tertiary/aromatic N) is 4. The summed E-state index contributed by atoms with van der Waals surface area (Å²) in [4.78, 5) is 17.6. The zero-order chi connectivity index (χ0) is 15.0. The quantitative estimate of drug-likeness (QED) is 0.744. The molecule has 0 aliphatic rings. The Bertz CT molecular complexity index is 786. The van der Waals surface area contributed by atoms with Crippen LogP contribution in [0.5, 0.6) is 0 Å². The molecule has 0 spiro atoms. The van der Waals surface area contributed by atoms with Gasteiger partial charge in [0.25, 0.3) is 0 Å². The van der Waals surface area contributed by atoms with Crippen molar-refractivity contribution in [2.45, 2.75) is 13.0 Å². The van der Waals surface area contributed by atoms with E-state index < -0.39 is 0 Å². The summed E-state index contributed by atoms with van der Waals surface area (Å²) in [6.45, 7) is 2.05. The van der Waals surface area contributed by atoms with Gasteiger partial charge < -0.3 is 9.88 Å². The summed E-state index contributed by atoms with van der Waals surface area (Å²) >= 11 is 12.3. The van der Waals surface area contributed by atoms with Crippen molar-refractivity contribution in [2.24, 2.45) is 0 Å². The number of aromatic nitrogens is 4. The highest BCUT2D eigenvalue weighted by atomic mass is 35.5. The minimum Gasteiger partial charge on any atom is -0.351 e. The van der Waals surface area contributed by atoms with E-state index in [4.69, 9.17) is 23.2 Å². The summed E-state index contributed by atoms with van der Waals surface area (Å²) in [5, 5.41) is 0.890. The van der Waals surface area contributed by atoms with Crippen LogP contribution in [0.25, 0.3) is 11.2 Å². The van der Waals surface area contributed by atoms with Crippen LogP contribution < -0.4 is 4.90 Å². The Morgan fingerprint density at radius 2 is 1.95 bits per heavy atom. The van der Waals surface area contributed by atoms with Crippen molar-refractivity contribution in [1.82, 2.24) is 19.9 Å². The molecular weight excluding hydrogens is 309 g/mol. The molecule has 108 valence electrons. The number of benzene rings is 1. The number of hydrogen-bond donors (Lipinski definition) is 1. The van der Waals surface area contributed by atoms with Gasteiger partial charge in [-0.3, -0.25) is 0 Å². The minimum absolute atomic E-state index is 0.0242. The van der Waals surface area contributed by atoms with E-state index in [1.165, 1.54) is 0 Å². The van der Waals surface area contributed by atoms with E-state index >= 15 is 0 Å². The largest absolute Gasteiger partial charge is 0.351 e. The lowest BCUT2D eigenvalue weighted by Gasteiger charge is -2.27.